The van der Waals surface area contributed by atoms with Gasteiger partial charge in [-0.15, -0.1) is 0 Å². The summed E-state index contributed by atoms with van der Waals surface area (Å²) in [6.45, 7) is 17.3. The van der Waals surface area contributed by atoms with E-state index in [1.54, 1.807) is 35.8 Å². The van der Waals surface area contributed by atoms with Crippen molar-refractivity contribution in [3.05, 3.63) is 52.2 Å². The second-order valence-electron chi connectivity index (χ2n) is 10.0. The summed E-state index contributed by atoms with van der Waals surface area (Å²) in [5.41, 5.74) is 6.15. The van der Waals surface area contributed by atoms with Gasteiger partial charge in [0, 0.05) is 0 Å². The second kappa shape index (κ2) is 8.37. The quantitative estimate of drug-likeness (QED) is 0.482. The molecule has 0 saturated heterocycles. The summed E-state index contributed by atoms with van der Waals surface area (Å²) in [6, 6.07) is 6.10. The fourth-order valence-corrected chi connectivity index (χ4v) is 23.6. The summed E-state index contributed by atoms with van der Waals surface area (Å²) in [5.74, 6) is 1.15. The van der Waals surface area contributed by atoms with Gasteiger partial charge < -0.3 is 24.8 Å². The molecule has 4 rings (SSSR count). The van der Waals surface area contributed by atoms with E-state index in [0.29, 0.717) is 3.63 Å². The Balaban J connectivity index is 0.00000150. The van der Waals surface area contributed by atoms with Crippen molar-refractivity contribution in [1.29, 1.82) is 0 Å². The van der Waals surface area contributed by atoms with Gasteiger partial charge in [0.15, 0.2) is 0 Å². The van der Waals surface area contributed by atoms with E-state index in [-0.39, 0.29) is 24.8 Å². The third-order valence-corrected chi connectivity index (χ3v) is 28.2. The van der Waals surface area contributed by atoms with E-state index >= 15 is 0 Å². The zero-order valence-electron chi connectivity index (χ0n) is 18.5. The topological polar surface area (TPSA) is 9.23 Å². The van der Waals surface area contributed by atoms with Crippen molar-refractivity contribution in [2.75, 3.05) is 0 Å². The van der Waals surface area contributed by atoms with Crippen LogP contribution in [0.2, 0.25) is 45.3 Å². The first kappa shape index (κ1) is 25.6. The smallest absolute Gasteiger partial charge is 1.00 e. The fraction of sp³-hybridized carbons (Fsp3) is 0.455. The van der Waals surface area contributed by atoms with E-state index in [1.165, 1.54) is 17.2 Å². The van der Waals surface area contributed by atoms with E-state index < -0.39 is 23.5 Å². The molecule has 1 aromatic rings. The van der Waals surface area contributed by atoms with Crippen LogP contribution >= 0.6 is 0 Å². The Morgan fingerprint density at radius 2 is 1.76 bits per heavy atom. The third-order valence-electron chi connectivity index (χ3n) is 7.04. The summed E-state index contributed by atoms with van der Waals surface area (Å²) in [7, 11) is -4.20. The largest absolute Gasteiger partial charge is 1.00 e. The summed E-state index contributed by atoms with van der Waals surface area (Å²) in [5, 5.41) is 3.77. The minimum atomic E-state index is -1.66. The van der Waals surface area contributed by atoms with Gasteiger partial charge in [0.2, 0.25) is 0 Å². The minimum Gasteiger partial charge on any atom is -1.00 e. The molecule has 7 heteroatoms. The zero-order valence-corrected chi connectivity index (χ0v) is 25.5. The molecule has 2 atom stereocenters. The summed E-state index contributed by atoms with van der Waals surface area (Å²) < 4.78 is 7.35. The van der Waals surface area contributed by atoms with Gasteiger partial charge in [0.1, 0.15) is 0 Å². The first-order valence-electron chi connectivity index (χ1n) is 10.2. The molecular formula is C22H31Cl2OSi3Zr. The van der Waals surface area contributed by atoms with Gasteiger partial charge >= 0.3 is 184 Å². The van der Waals surface area contributed by atoms with Crippen LogP contribution < -0.4 is 29.2 Å². The van der Waals surface area contributed by atoms with Crippen LogP contribution in [0.3, 0.4) is 0 Å². The van der Waals surface area contributed by atoms with Crippen LogP contribution in [0.5, 0.6) is 5.75 Å². The average Bonchev–Trinajstić information content (AvgIpc) is 2.91. The molecule has 2 aliphatic carbocycles. The molecule has 0 amide bonds. The van der Waals surface area contributed by atoms with Gasteiger partial charge in [-0.3, -0.25) is 0 Å². The number of hydrogen-bond donors (Lipinski definition) is 0. The Bertz CT molecular complexity index is 931. The van der Waals surface area contributed by atoms with Crippen molar-refractivity contribution in [2.24, 2.45) is 0 Å². The number of hydrogen-bond acceptors (Lipinski definition) is 1. The molecular weight excluding hydrogens is 527 g/mol. The monoisotopic (exact) mass is 555 g/mol. The standard InChI is InChI=1S/C22H31OSi3.2ClH.Zr/c1-8-25(5,6)26(7)19-15-17-13-14-18(23-24(2,3)4)20(21(17)22(19)26)16-11-9-10-12-16;;;/h9-11,13-15H,8,12H2,1-7H3;2*1H;/q;;;+2/p-2. The van der Waals surface area contributed by atoms with Gasteiger partial charge in [-0.05, 0) is 0 Å². The van der Waals surface area contributed by atoms with Crippen LogP contribution in [0.1, 0.15) is 33.7 Å². The van der Waals surface area contributed by atoms with E-state index in [0.717, 1.165) is 12.2 Å². The molecule has 0 fully saturated rings. The van der Waals surface area contributed by atoms with E-state index in [1.807, 2.05) is 10.4 Å². The predicted molar refractivity (Wildman–Crippen MR) is 121 cm³/mol. The Hall–Kier alpha value is 0.354. The zero-order chi connectivity index (χ0) is 19.8. The van der Waals surface area contributed by atoms with E-state index in [4.69, 9.17) is 4.43 Å². The van der Waals surface area contributed by atoms with Gasteiger partial charge in [0.05, 0.1) is 0 Å². The summed E-state index contributed by atoms with van der Waals surface area (Å²) in [4.78, 5) is 0. The van der Waals surface area contributed by atoms with Crippen LogP contribution in [-0.2, 0) is 24.7 Å². The SMILES string of the molecule is CC[Si](C)(C)[Si]1(C)C2=C1[CH]([Zr+2])c1ccc(O[Si](C)(C)C)c(C3=CC=CC3)c12.[Cl-].[Cl-]. The summed E-state index contributed by atoms with van der Waals surface area (Å²) in [6.07, 6.45) is 7.89. The number of benzene rings is 1. The Kier molecular flexibility index (Phi) is 7.39. The van der Waals surface area contributed by atoms with Gasteiger partial charge in [-0.1, -0.05) is 0 Å². The predicted octanol–water partition coefficient (Wildman–Crippen LogP) is 0.584. The Morgan fingerprint density at radius 1 is 1.10 bits per heavy atom. The van der Waals surface area contributed by atoms with Crippen molar-refractivity contribution in [1.82, 2.24) is 0 Å². The van der Waals surface area contributed by atoms with Gasteiger partial charge in [0.25, 0.3) is 0 Å². The van der Waals surface area contributed by atoms with Gasteiger partial charge in [-0.2, -0.15) is 0 Å². The molecule has 3 aliphatic rings. The second-order valence-corrected chi connectivity index (χ2v) is 30.7. The minimum absolute atomic E-state index is 0. The Labute approximate surface area is 207 Å². The van der Waals surface area contributed by atoms with Crippen molar-refractivity contribution in [2.45, 2.75) is 62.3 Å². The van der Waals surface area contributed by atoms with Crippen LogP contribution in [0.25, 0.3) is 10.8 Å². The van der Waals surface area contributed by atoms with Crippen LogP contribution in [0.4, 0.5) is 0 Å². The molecule has 0 bridgehead atoms. The molecule has 0 aromatic heterocycles. The maximum absolute atomic E-state index is 6.63. The van der Waals surface area contributed by atoms with Crippen molar-refractivity contribution < 1.29 is 54.0 Å². The van der Waals surface area contributed by atoms with Crippen molar-refractivity contribution in [3.8, 4) is 5.75 Å². The maximum atomic E-state index is 6.63. The third kappa shape index (κ3) is 3.87. The molecule has 1 aliphatic heterocycles. The van der Waals surface area contributed by atoms with Crippen LogP contribution in [0, 0.1) is 0 Å². The molecule has 0 radical (unpaired) electrons. The molecule has 29 heavy (non-hydrogen) atoms. The average molecular weight is 558 g/mol. The molecule has 0 N–H and O–H groups in total. The first-order valence-corrected chi connectivity index (χ1v) is 21.7. The van der Waals surface area contributed by atoms with E-state index in [9.17, 15) is 0 Å². The van der Waals surface area contributed by atoms with Crippen LogP contribution in [0.15, 0.2) is 35.6 Å². The molecule has 1 nitrogen and oxygen atoms in total. The molecule has 1 heterocycles. The molecule has 1 aromatic carbocycles. The van der Waals surface area contributed by atoms with Crippen molar-refractivity contribution in [3.63, 3.8) is 0 Å². The molecule has 2 unspecified atom stereocenters. The molecule has 0 saturated carbocycles. The van der Waals surface area contributed by atoms with Gasteiger partial charge in [-0.25, -0.2) is 0 Å². The fourth-order valence-electron chi connectivity index (χ4n) is 4.90. The van der Waals surface area contributed by atoms with Crippen LogP contribution in [-0.4, -0.2) is 23.5 Å². The number of halogens is 2. The number of rotatable bonds is 5. The van der Waals surface area contributed by atoms with E-state index in [2.05, 4.69) is 76.6 Å². The Morgan fingerprint density at radius 3 is 2.28 bits per heavy atom. The molecule has 0 spiro atoms. The first-order chi connectivity index (χ1) is 12.5. The summed E-state index contributed by atoms with van der Waals surface area (Å²) >= 11 is 1.67. The molecule has 155 valence electrons. The normalized spacial score (nSPS) is 24.4. The number of allylic oxidation sites excluding steroid dienone is 5. The maximum Gasteiger partial charge on any atom is -1.00 e. The number of fused-ring (bicyclic) bond motifs is 2. The van der Waals surface area contributed by atoms with Crippen molar-refractivity contribution >= 4 is 34.3 Å².